The molecule has 2 aromatic carbocycles. The smallest absolute Gasteiger partial charge is 0.0665 e. The van der Waals surface area contributed by atoms with Crippen LogP contribution in [0, 0.1) is 0 Å². The van der Waals surface area contributed by atoms with Crippen molar-refractivity contribution in [2.24, 2.45) is 4.99 Å². The van der Waals surface area contributed by atoms with Gasteiger partial charge in [0.1, 0.15) is 0 Å². The van der Waals surface area contributed by atoms with E-state index >= 15 is 0 Å². The molecule has 0 spiro atoms. The minimum absolute atomic E-state index is 0. The SMILES string of the molecule is C1=Nc2ccccc2Cc2ccccc21.Cl. The topological polar surface area (TPSA) is 12.4 Å². The minimum Gasteiger partial charge on any atom is -0.256 e. The van der Waals surface area contributed by atoms with Crippen molar-refractivity contribution in [1.29, 1.82) is 0 Å². The Kier molecular flexibility index (Phi) is 3.07. The summed E-state index contributed by atoms with van der Waals surface area (Å²) in [5.74, 6) is 0. The monoisotopic (exact) mass is 229 g/mol. The highest BCUT2D eigenvalue weighted by Crippen LogP contribution is 2.25. The van der Waals surface area contributed by atoms with E-state index in [0.29, 0.717) is 0 Å². The van der Waals surface area contributed by atoms with Gasteiger partial charge in [0.05, 0.1) is 5.69 Å². The largest absolute Gasteiger partial charge is 0.256 e. The molecule has 0 unspecified atom stereocenters. The predicted molar refractivity (Wildman–Crippen MR) is 70.2 cm³/mol. The van der Waals surface area contributed by atoms with Gasteiger partial charge in [-0.25, -0.2) is 0 Å². The summed E-state index contributed by atoms with van der Waals surface area (Å²) in [6.45, 7) is 0. The third-order valence-electron chi connectivity index (χ3n) is 2.77. The zero-order valence-corrected chi connectivity index (χ0v) is 9.58. The third kappa shape index (κ3) is 1.86. The van der Waals surface area contributed by atoms with Gasteiger partial charge in [-0.05, 0) is 22.8 Å². The van der Waals surface area contributed by atoms with Crippen molar-refractivity contribution in [3.8, 4) is 0 Å². The first-order valence-electron chi connectivity index (χ1n) is 5.13. The molecule has 2 aromatic rings. The molecule has 1 aliphatic heterocycles. The first kappa shape index (κ1) is 10.9. The molecule has 0 aliphatic carbocycles. The van der Waals surface area contributed by atoms with E-state index < -0.39 is 0 Å². The average Bonchev–Trinajstić information content (AvgIpc) is 2.48. The van der Waals surface area contributed by atoms with E-state index in [1.807, 2.05) is 12.3 Å². The van der Waals surface area contributed by atoms with Crippen molar-refractivity contribution in [3.63, 3.8) is 0 Å². The van der Waals surface area contributed by atoms with Crippen LogP contribution in [0.15, 0.2) is 53.5 Å². The highest BCUT2D eigenvalue weighted by atomic mass is 35.5. The molecule has 80 valence electrons. The van der Waals surface area contributed by atoms with Crippen LogP contribution in [0.3, 0.4) is 0 Å². The number of para-hydroxylation sites is 1. The second kappa shape index (κ2) is 4.50. The second-order valence-corrected chi connectivity index (χ2v) is 3.76. The van der Waals surface area contributed by atoms with E-state index in [9.17, 15) is 0 Å². The number of benzene rings is 2. The van der Waals surface area contributed by atoms with E-state index in [2.05, 4.69) is 47.5 Å². The molecule has 0 amide bonds. The summed E-state index contributed by atoms with van der Waals surface area (Å²) < 4.78 is 0. The summed E-state index contributed by atoms with van der Waals surface area (Å²) >= 11 is 0. The molecule has 0 saturated carbocycles. The van der Waals surface area contributed by atoms with Crippen LogP contribution in [0.25, 0.3) is 0 Å². The summed E-state index contributed by atoms with van der Waals surface area (Å²) in [6, 6.07) is 16.7. The lowest BCUT2D eigenvalue weighted by atomic mass is 10.0. The number of hydrogen-bond acceptors (Lipinski definition) is 1. The lowest BCUT2D eigenvalue weighted by Gasteiger charge is -2.03. The Bertz CT molecular complexity index is 484. The Labute approximate surface area is 101 Å². The molecule has 0 radical (unpaired) electrons. The van der Waals surface area contributed by atoms with Crippen molar-refractivity contribution in [2.75, 3.05) is 0 Å². The summed E-state index contributed by atoms with van der Waals surface area (Å²) in [6.07, 6.45) is 2.94. The van der Waals surface area contributed by atoms with Crippen LogP contribution in [0.4, 0.5) is 5.69 Å². The number of fused-ring (bicyclic) bond motifs is 2. The minimum atomic E-state index is 0. The molecule has 0 saturated heterocycles. The van der Waals surface area contributed by atoms with E-state index in [-0.39, 0.29) is 12.4 Å². The van der Waals surface area contributed by atoms with Gasteiger partial charge in [-0.1, -0.05) is 42.5 Å². The van der Waals surface area contributed by atoms with E-state index in [1.165, 1.54) is 16.7 Å². The van der Waals surface area contributed by atoms with Gasteiger partial charge in [0.25, 0.3) is 0 Å². The summed E-state index contributed by atoms with van der Waals surface area (Å²) in [5, 5.41) is 0. The zero-order valence-electron chi connectivity index (χ0n) is 8.76. The molecular weight excluding hydrogens is 218 g/mol. The van der Waals surface area contributed by atoms with Crippen molar-refractivity contribution in [2.45, 2.75) is 6.42 Å². The number of rotatable bonds is 0. The molecule has 0 fully saturated rings. The fourth-order valence-corrected chi connectivity index (χ4v) is 1.95. The Morgan fingerprint density at radius 2 is 1.50 bits per heavy atom. The van der Waals surface area contributed by atoms with Crippen molar-refractivity contribution < 1.29 is 0 Å². The van der Waals surface area contributed by atoms with Crippen molar-refractivity contribution in [1.82, 2.24) is 0 Å². The van der Waals surface area contributed by atoms with Gasteiger partial charge in [0, 0.05) is 12.6 Å². The van der Waals surface area contributed by atoms with E-state index in [4.69, 9.17) is 0 Å². The van der Waals surface area contributed by atoms with Crippen molar-refractivity contribution >= 4 is 24.3 Å². The average molecular weight is 230 g/mol. The lowest BCUT2D eigenvalue weighted by Crippen LogP contribution is -1.91. The normalized spacial score (nSPS) is 12.0. The maximum absolute atomic E-state index is 4.50. The molecule has 2 heteroatoms. The number of nitrogens with zero attached hydrogens (tertiary/aromatic N) is 1. The molecule has 0 N–H and O–H groups in total. The standard InChI is InChI=1S/C14H11N.ClH/c1-2-7-13-10-15-14-8-4-3-6-12(14)9-11(13)5-1;/h1-8,10H,9H2;1H. The van der Waals surface area contributed by atoms with Crippen LogP contribution in [0.5, 0.6) is 0 Å². The Morgan fingerprint density at radius 1 is 0.812 bits per heavy atom. The van der Waals surface area contributed by atoms with E-state index in [1.54, 1.807) is 0 Å². The Balaban J connectivity index is 0.000000963. The van der Waals surface area contributed by atoms with Crippen molar-refractivity contribution in [3.05, 3.63) is 65.2 Å². The molecule has 1 aliphatic rings. The highest BCUT2D eigenvalue weighted by Gasteiger charge is 2.08. The molecule has 0 bridgehead atoms. The van der Waals surface area contributed by atoms with Crippen LogP contribution in [0.1, 0.15) is 16.7 Å². The van der Waals surface area contributed by atoms with Gasteiger partial charge in [0.2, 0.25) is 0 Å². The van der Waals surface area contributed by atoms with Crippen LogP contribution in [0.2, 0.25) is 0 Å². The first-order chi connectivity index (χ1) is 7.43. The van der Waals surface area contributed by atoms with Gasteiger partial charge in [-0.2, -0.15) is 0 Å². The van der Waals surface area contributed by atoms with Gasteiger partial charge in [0.15, 0.2) is 0 Å². The highest BCUT2D eigenvalue weighted by molar-refractivity contribution is 5.86. The van der Waals surface area contributed by atoms with Gasteiger partial charge in [-0.15, -0.1) is 12.4 Å². The Hall–Kier alpha value is -1.60. The zero-order chi connectivity index (χ0) is 10.1. The van der Waals surface area contributed by atoms with Crippen LogP contribution >= 0.6 is 12.4 Å². The van der Waals surface area contributed by atoms with Crippen LogP contribution < -0.4 is 0 Å². The maximum atomic E-state index is 4.50. The molecule has 0 aromatic heterocycles. The van der Waals surface area contributed by atoms with E-state index in [0.717, 1.165) is 12.1 Å². The fourth-order valence-electron chi connectivity index (χ4n) is 1.95. The summed E-state index contributed by atoms with van der Waals surface area (Å²) in [7, 11) is 0. The molecule has 3 rings (SSSR count). The lowest BCUT2D eigenvalue weighted by molar-refractivity contribution is 1.19. The molecule has 0 atom stereocenters. The van der Waals surface area contributed by atoms with Gasteiger partial charge < -0.3 is 0 Å². The third-order valence-corrected chi connectivity index (χ3v) is 2.77. The number of aliphatic imine (C=N–C) groups is 1. The van der Waals surface area contributed by atoms with Gasteiger partial charge >= 0.3 is 0 Å². The molecule has 16 heavy (non-hydrogen) atoms. The molecule has 1 heterocycles. The second-order valence-electron chi connectivity index (χ2n) is 3.76. The molecule has 1 nitrogen and oxygen atoms in total. The fraction of sp³-hybridized carbons (Fsp3) is 0.0714. The number of halogens is 1. The van der Waals surface area contributed by atoms with Crippen LogP contribution in [-0.2, 0) is 6.42 Å². The van der Waals surface area contributed by atoms with Crippen LogP contribution in [-0.4, -0.2) is 6.21 Å². The number of hydrogen-bond donors (Lipinski definition) is 0. The predicted octanol–water partition coefficient (Wildman–Crippen LogP) is 3.76. The quantitative estimate of drug-likeness (QED) is 0.557. The maximum Gasteiger partial charge on any atom is 0.0665 e. The van der Waals surface area contributed by atoms with Gasteiger partial charge in [-0.3, -0.25) is 4.99 Å². The Morgan fingerprint density at radius 3 is 2.38 bits per heavy atom. The summed E-state index contributed by atoms with van der Waals surface area (Å²) in [4.78, 5) is 4.50. The first-order valence-corrected chi connectivity index (χ1v) is 5.13. The summed E-state index contributed by atoms with van der Waals surface area (Å²) in [5.41, 5.74) is 4.98. The molecular formula is C14H12ClN.